The lowest BCUT2D eigenvalue weighted by Gasteiger charge is -2.32. The van der Waals surface area contributed by atoms with Crippen molar-refractivity contribution in [1.29, 1.82) is 0 Å². The molecular weight excluding hydrogens is 483 g/mol. The molecule has 1 aromatic carbocycles. The van der Waals surface area contributed by atoms with Crippen LogP contribution in [0.4, 0.5) is 10.3 Å². The fraction of sp³-hybridized carbons (Fsp3) is 0.348. The number of benzene rings is 1. The van der Waals surface area contributed by atoms with Gasteiger partial charge in [-0.05, 0) is 30.7 Å². The number of aromatic nitrogens is 3. The van der Waals surface area contributed by atoms with E-state index < -0.39 is 26.1 Å². The SMILES string of the molecule is CCS(=O)(=O)c1ccc(-n2cc(Cl)c(OC3CCN(c4ncc(C)cn4)CC3)cc2=O)cc1F. The van der Waals surface area contributed by atoms with E-state index in [0.717, 1.165) is 22.3 Å². The molecule has 8 nitrogen and oxygen atoms in total. The molecule has 0 unspecified atom stereocenters. The number of ether oxygens (including phenoxy) is 1. The number of rotatable bonds is 6. The lowest BCUT2D eigenvalue weighted by Crippen LogP contribution is -2.39. The summed E-state index contributed by atoms with van der Waals surface area (Å²) in [5.74, 6) is -0.224. The van der Waals surface area contributed by atoms with Crippen LogP contribution in [0.2, 0.25) is 5.02 Å². The molecule has 0 spiro atoms. The number of anilines is 1. The highest BCUT2D eigenvalue weighted by Gasteiger charge is 2.24. The van der Waals surface area contributed by atoms with Crippen molar-refractivity contribution in [3.8, 4) is 11.4 Å². The molecule has 34 heavy (non-hydrogen) atoms. The molecule has 11 heteroatoms. The van der Waals surface area contributed by atoms with Crippen LogP contribution in [0.15, 0.2) is 52.5 Å². The molecule has 4 rings (SSSR count). The molecule has 1 fully saturated rings. The van der Waals surface area contributed by atoms with Gasteiger partial charge in [0.2, 0.25) is 5.95 Å². The zero-order valence-electron chi connectivity index (χ0n) is 18.7. The number of nitrogens with zero attached hydrogens (tertiary/aromatic N) is 4. The Balaban J connectivity index is 1.48. The minimum atomic E-state index is -3.71. The Labute approximate surface area is 201 Å². The second kappa shape index (κ2) is 9.71. The molecular formula is C23H24ClFN4O4S. The highest BCUT2D eigenvalue weighted by Crippen LogP contribution is 2.28. The highest BCUT2D eigenvalue weighted by molar-refractivity contribution is 7.91. The average molecular weight is 507 g/mol. The first-order chi connectivity index (χ1) is 16.2. The van der Waals surface area contributed by atoms with Crippen molar-refractivity contribution in [2.45, 2.75) is 37.7 Å². The third-order valence-corrected chi connectivity index (χ3v) is 7.71. The Morgan fingerprint density at radius 3 is 2.47 bits per heavy atom. The summed E-state index contributed by atoms with van der Waals surface area (Å²) in [4.78, 5) is 23.1. The average Bonchev–Trinajstić information content (AvgIpc) is 2.82. The number of piperidine rings is 1. The molecule has 0 saturated carbocycles. The smallest absolute Gasteiger partial charge is 0.258 e. The van der Waals surface area contributed by atoms with Crippen LogP contribution < -0.4 is 15.2 Å². The summed E-state index contributed by atoms with van der Waals surface area (Å²) < 4.78 is 45.6. The van der Waals surface area contributed by atoms with Gasteiger partial charge in [-0.1, -0.05) is 18.5 Å². The molecule has 0 N–H and O–H groups in total. The van der Waals surface area contributed by atoms with Crippen LogP contribution in [0, 0.1) is 12.7 Å². The fourth-order valence-electron chi connectivity index (χ4n) is 3.73. The van der Waals surface area contributed by atoms with Gasteiger partial charge in [0.1, 0.15) is 22.6 Å². The van der Waals surface area contributed by atoms with Crippen molar-refractivity contribution < 1.29 is 17.5 Å². The summed E-state index contributed by atoms with van der Waals surface area (Å²) in [5.41, 5.74) is 0.684. The largest absolute Gasteiger partial charge is 0.488 e. The van der Waals surface area contributed by atoms with Crippen molar-refractivity contribution >= 4 is 27.4 Å². The molecule has 3 heterocycles. The maximum absolute atomic E-state index is 14.4. The molecule has 2 aromatic heterocycles. The van der Waals surface area contributed by atoms with Crippen LogP contribution in [0.1, 0.15) is 25.3 Å². The number of hydrogen-bond acceptors (Lipinski definition) is 7. The molecule has 3 aromatic rings. The Bertz CT molecular complexity index is 1350. The number of halogens is 2. The summed E-state index contributed by atoms with van der Waals surface area (Å²) in [6.07, 6.45) is 6.18. The van der Waals surface area contributed by atoms with E-state index in [1.54, 1.807) is 12.4 Å². The van der Waals surface area contributed by atoms with E-state index in [2.05, 4.69) is 14.9 Å². The molecule has 0 radical (unpaired) electrons. The summed E-state index contributed by atoms with van der Waals surface area (Å²) in [5, 5.41) is 0.189. The van der Waals surface area contributed by atoms with E-state index in [9.17, 15) is 17.6 Å². The van der Waals surface area contributed by atoms with Crippen LogP contribution in [-0.2, 0) is 9.84 Å². The van der Waals surface area contributed by atoms with Crippen LogP contribution in [0.25, 0.3) is 5.69 Å². The Morgan fingerprint density at radius 1 is 1.18 bits per heavy atom. The first-order valence-corrected chi connectivity index (χ1v) is 12.9. The van der Waals surface area contributed by atoms with E-state index >= 15 is 0 Å². The lowest BCUT2D eigenvalue weighted by molar-refractivity contribution is 0.170. The van der Waals surface area contributed by atoms with E-state index in [4.69, 9.17) is 16.3 Å². The zero-order chi connectivity index (χ0) is 24.5. The monoisotopic (exact) mass is 506 g/mol. The minimum absolute atomic E-state index is 0.134. The number of sulfone groups is 1. The summed E-state index contributed by atoms with van der Waals surface area (Å²) in [6.45, 7) is 4.78. The third-order valence-electron chi connectivity index (χ3n) is 5.66. The molecule has 0 amide bonds. The van der Waals surface area contributed by atoms with E-state index in [-0.39, 0.29) is 28.3 Å². The van der Waals surface area contributed by atoms with Crippen molar-refractivity contribution in [2.24, 2.45) is 0 Å². The molecule has 180 valence electrons. The van der Waals surface area contributed by atoms with Crippen LogP contribution in [0.5, 0.6) is 5.75 Å². The quantitative estimate of drug-likeness (QED) is 0.504. The van der Waals surface area contributed by atoms with Crippen LogP contribution in [-0.4, -0.2) is 47.9 Å². The van der Waals surface area contributed by atoms with Crippen molar-refractivity contribution in [2.75, 3.05) is 23.7 Å². The molecule has 1 aliphatic rings. The molecule has 0 aliphatic carbocycles. The zero-order valence-corrected chi connectivity index (χ0v) is 20.3. The van der Waals surface area contributed by atoms with Crippen molar-refractivity contribution in [3.05, 3.63) is 69.6 Å². The first kappa shape index (κ1) is 24.2. The Morgan fingerprint density at radius 2 is 1.85 bits per heavy atom. The van der Waals surface area contributed by atoms with Crippen molar-refractivity contribution in [1.82, 2.24) is 14.5 Å². The van der Waals surface area contributed by atoms with Crippen LogP contribution >= 0.6 is 11.6 Å². The fourth-order valence-corrected chi connectivity index (χ4v) is 4.87. The van der Waals surface area contributed by atoms with E-state index in [1.165, 1.54) is 25.3 Å². The van der Waals surface area contributed by atoms with Gasteiger partial charge in [0.25, 0.3) is 5.56 Å². The summed E-state index contributed by atoms with van der Waals surface area (Å²) >= 11 is 6.37. The van der Waals surface area contributed by atoms with Gasteiger partial charge in [0, 0.05) is 50.6 Å². The molecule has 0 atom stereocenters. The van der Waals surface area contributed by atoms with E-state index in [0.29, 0.717) is 31.9 Å². The topological polar surface area (TPSA) is 94.4 Å². The predicted molar refractivity (Wildman–Crippen MR) is 127 cm³/mol. The van der Waals surface area contributed by atoms with Gasteiger partial charge >= 0.3 is 0 Å². The second-order valence-corrected chi connectivity index (χ2v) is 10.7. The second-order valence-electron chi connectivity index (χ2n) is 8.08. The van der Waals surface area contributed by atoms with Crippen molar-refractivity contribution in [3.63, 3.8) is 0 Å². The summed E-state index contributed by atoms with van der Waals surface area (Å²) in [6, 6.07) is 4.78. The minimum Gasteiger partial charge on any atom is -0.488 e. The van der Waals surface area contributed by atoms with Crippen LogP contribution in [0.3, 0.4) is 0 Å². The Kier molecular flexibility index (Phi) is 6.90. The lowest BCUT2D eigenvalue weighted by atomic mass is 10.1. The summed E-state index contributed by atoms with van der Waals surface area (Å²) in [7, 11) is -3.71. The van der Waals surface area contributed by atoms with Gasteiger partial charge in [-0.2, -0.15) is 0 Å². The number of aryl methyl sites for hydroxylation is 1. The standard InChI is InChI=1S/C23H24ClFN4O4S/c1-3-34(31,32)21-5-4-16(10-19(21)25)29-14-18(24)20(11-22(29)30)33-17-6-8-28(9-7-17)23-26-12-15(2)13-27-23/h4-5,10-14,17H,3,6-9H2,1-2H3. The molecule has 0 bridgehead atoms. The molecule has 1 saturated heterocycles. The van der Waals surface area contributed by atoms with Gasteiger partial charge in [-0.25, -0.2) is 22.8 Å². The first-order valence-electron chi connectivity index (χ1n) is 10.8. The maximum atomic E-state index is 14.4. The van der Waals surface area contributed by atoms with Gasteiger partial charge in [0.15, 0.2) is 9.84 Å². The highest BCUT2D eigenvalue weighted by atomic mass is 35.5. The van der Waals surface area contributed by atoms with E-state index in [1.807, 2.05) is 6.92 Å². The molecule has 1 aliphatic heterocycles. The predicted octanol–water partition coefficient (Wildman–Crippen LogP) is 3.57. The van der Waals surface area contributed by atoms with Gasteiger partial charge in [0.05, 0.1) is 16.5 Å². The normalized spacial score (nSPS) is 14.9. The number of pyridine rings is 1. The van der Waals surface area contributed by atoms with Gasteiger partial charge in [-0.3, -0.25) is 9.36 Å². The third kappa shape index (κ3) is 5.07. The number of hydrogen-bond donors (Lipinski definition) is 0. The van der Waals surface area contributed by atoms with Gasteiger partial charge in [-0.15, -0.1) is 0 Å². The van der Waals surface area contributed by atoms with Gasteiger partial charge < -0.3 is 9.64 Å². The Hall–Kier alpha value is -2.98. The maximum Gasteiger partial charge on any atom is 0.258 e.